The maximum absolute atomic E-state index is 12.0. The molecule has 1 aromatic rings. The second-order valence-corrected chi connectivity index (χ2v) is 6.02. The third kappa shape index (κ3) is 5.17. The summed E-state index contributed by atoms with van der Waals surface area (Å²) in [6, 6.07) is 10.5. The molecule has 1 aliphatic rings. The van der Waals surface area contributed by atoms with E-state index in [4.69, 9.17) is 0 Å². The van der Waals surface area contributed by atoms with Crippen LogP contribution in [0.3, 0.4) is 0 Å². The Morgan fingerprint density at radius 3 is 2.50 bits per heavy atom. The van der Waals surface area contributed by atoms with Gasteiger partial charge in [-0.25, -0.2) is 0 Å². The van der Waals surface area contributed by atoms with Crippen LogP contribution in [0.1, 0.15) is 44.6 Å². The van der Waals surface area contributed by atoms with Gasteiger partial charge in [-0.3, -0.25) is 9.59 Å². The van der Waals surface area contributed by atoms with Crippen LogP contribution in [-0.4, -0.2) is 35.8 Å². The van der Waals surface area contributed by atoms with Gasteiger partial charge in [0, 0.05) is 19.5 Å². The van der Waals surface area contributed by atoms with Crippen molar-refractivity contribution in [3.05, 3.63) is 35.9 Å². The van der Waals surface area contributed by atoms with E-state index < -0.39 is 0 Å². The Hall–Kier alpha value is -1.84. The molecule has 1 aliphatic carbocycles. The second kappa shape index (κ2) is 8.57. The number of carbonyl (C=O) groups excluding carboxylic acids is 2. The molecule has 0 spiro atoms. The molecule has 0 radical (unpaired) electrons. The minimum absolute atomic E-state index is 0.00587. The van der Waals surface area contributed by atoms with Crippen molar-refractivity contribution in [3.8, 4) is 0 Å². The molecular formula is C18H26N2O2. The highest BCUT2D eigenvalue weighted by atomic mass is 16.2. The van der Waals surface area contributed by atoms with Gasteiger partial charge < -0.3 is 10.2 Å². The lowest BCUT2D eigenvalue weighted by Crippen LogP contribution is -2.44. The van der Waals surface area contributed by atoms with Crippen molar-refractivity contribution in [2.45, 2.75) is 51.5 Å². The van der Waals surface area contributed by atoms with Crippen LogP contribution in [-0.2, 0) is 16.0 Å². The Bertz CT molecular complexity index is 481. The van der Waals surface area contributed by atoms with Crippen LogP contribution < -0.4 is 5.32 Å². The molecule has 0 heterocycles. The molecule has 0 aliphatic heterocycles. The molecule has 1 N–H and O–H groups in total. The molecule has 1 aromatic carbocycles. The maximum atomic E-state index is 12.0. The van der Waals surface area contributed by atoms with Crippen molar-refractivity contribution in [2.24, 2.45) is 0 Å². The van der Waals surface area contributed by atoms with Gasteiger partial charge in [-0.15, -0.1) is 0 Å². The number of benzene rings is 1. The lowest BCUT2D eigenvalue weighted by Gasteiger charge is -2.27. The fourth-order valence-electron chi connectivity index (χ4n) is 3.09. The molecule has 0 aromatic heterocycles. The van der Waals surface area contributed by atoms with E-state index in [1.165, 1.54) is 5.56 Å². The highest BCUT2D eigenvalue weighted by Gasteiger charge is 2.25. The average Bonchev–Trinajstić information content (AvgIpc) is 3.04. The minimum atomic E-state index is -0.0461. The van der Waals surface area contributed by atoms with Crippen molar-refractivity contribution in [2.75, 3.05) is 13.1 Å². The summed E-state index contributed by atoms with van der Waals surface area (Å²) in [5, 5.41) is 2.93. The van der Waals surface area contributed by atoms with Crippen LogP contribution in [0.15, 0.2) is 30.3 Å². The molecule has 1 fully saturated rings. The molecular weight excluding hydrogens is 276 g/mol. The Balaban J connectivity index is 1.68. The van der Waals surface area contributed by atoms with Crippen molar-refractivity contribution < 1.29 is 9.59 Å². The number of amides is 2. The van der Waals surface area contributed by atoms with Crippen molar-refractivity contribution in [1.29, 1.82) is 0 Å². The largest absolute Gasteiger partial charge is 0.355 e. The van der Waals surface area contributed by atoms with Crippen molar-refractivity contribution in [1.82, 2.24) is 10.2 Å². The fourth-order valence-corrected chi connectivity index (χ4v) is 3.09. The van der Waals surface area contributed by atoms with E-state index in [1.54, 1.807) is 11.8 Å². The molecule has 0 bridgehead atoms. The first kappa shape index (κ1) is 16.5. The Morgan fingerprint density at radius 1 is 1.18 bits per heavy atom. The van der Waals surface area contributed by atoms with Gasteiger partial charge in [0.25, 0.3) is 0 Å². The molecule has 0 saturated heterocycles. The number of hydrogen-bond donors (Lipinski definition) is 1. The molecule has 2 rings (SSSR count). The van der Waals surface area contributed by atoms with Crippen LogP contribution in [0, 0.1) is 0 Å². The Kier molecular flexibility index (Phi) is 6.44. The van der Waals surface area contributed by atoms with Crippen LogP contribution in [0.25, 0.3) is 0 Å². The van der Waals surface area contributed by atoms with E-state index in [-0.39, 0.29) is 24.4 Å². The molecule has 2 amide bonds. The van der Waals surface area contributed by atoms with Gasteiger partial charge in [0.05, 0.1) is 6.54 Å². The van der Waals surface area contributed by atoms with Gasteiger partial charge >= 0.3 is 0 Å². The summed E-state index contributed by atoms with van der Waals surface area (Å²) in [6.45, 7) is 2.41. The molecule has 0 atom stereocenters. The van der Waals surface area contributed by atoms with Gasteiger partial charge in [-0.1, -0.05) is 43.2 Å². The summed E-state index contributed by atoms with van der Waals surface area (Å²) in [7, 11) is 0. The average molecular weight is 302 g/mol. The zero-order chi connectivity index (χ0) is 15.8. The van der Waals surface area contributed by atoms with E-state index in [9.17, 15) is 9.59 Å². The smallest absolute Gasteiger partial charge is 0.239 e. The summed E-state index contributed by atoms with van der Waals surface area (Å²) in [5.41, 5.74) is 1.29. The number of nitrogens with zero attached hydrogens (tertiary/aromatic N) is 1. The van der Waals surface area contributed by atoms with E-state index in [0.29, 0.717) is 6.54 Å². The first-order valence-electron chi connectivity index (χ1n) is 8.24. The van der Waals surface area contributed by atoms with Crippen LogP contribution in [0.5, 0.6) is 0 Å². The lowest BCUT2D eigenvalue weighted by molar-refractivity contribution is -0.136. The predicted octanol–water partition coefficient (Wildman–Crippen LogP) is 2.53. The number of hydrogen-bond acceptors (Lipinski definition) is 2. The molecule has 120 valence electrons. The third-order valence-electron chi connectivity index (χ3n) is 4.29. The summed E-state index contributed by atoms with van der Waals surface area (Å²) in [4.78, 5) is 25.5. The van der Waals surface area contributed by atoms with Gasteiger partial charge in [-0.05, 0) is 31.2 Å². The monoisotopic (exact) mass is 302 g/mol. The number of aryl methyl sites for hydroxylation is 1. The Morgan fingerprint density at radius 2 is 1.86 bits per heavy atom. The van der Waals surface area contributed by atoms with Gasteiger partial charge in [0.2, 0.25) is 11.8 Å². The standard InChI is InChI=1S/C18H26N2O2/c1-15(21)20(17-11-5-6-12-17)14-18(22)19-13-7-10-16-8-3-2-4-9-16/h2-4,8-9,17H,5-7,10-14H2,1H3,(H,19,22). The zero-order valence-corrected chi connectivity index (χ0v) is 13.4. The van der Waals surface area contributed by atoms with E-state index in [2.05, 4.69) is 17.4 Å². The SMILES string of the molecule is CC(=O)N(CC(=O)NCCCc1ccccc1)C1CCCC1. The number of nitrogens with one attached hydrogen (secondary N) is 1. The minimum Gasteiger partial charge on any atom is -0.355 e. The Labute approximate surface area is 132 Å². The van der Waals surface area contributed by atoms with Crippen LogP contribution in [0.4, 0.5) is 0 Å². The topological polar surface area (TPSA) is 49.4 Å². The summed E-state index contributed by atoms with van der Waals surface area (Å²) < 4.78 is 0. The van der Waals surface area contributed by atoms with Crippen molar-refractivity contribution >= 4 is 11.8 Å². The highest BCUT2D eigenvalue weighted by molar-refractivity contribution is 5.83. The predicted molar refractivity (Wildman–Crippen MR) is 87.4 cm³/mol. The van der Waals surface area contributed by atoms with Crippen molar-refractivity contribution in [3.63, 3.8) is 0 Å². The van der Waals surface area contributed by atoms with E-state index in [0.717, 1.165) is 38.5 Å². The summed E-state index contributed by atoms with van der Waals surface area (Å²) in [5.74, 6) is -0.0403. The first-order chi connectivity index (χ1) is 10.7. The van der Waals surface area contributed by atoms with E-state index >= 15 is 0 Å². The molecule has 4 nitrogen and oxygen atoms in total. The molecule has 4 heteroatoms. The quantitative estimate of drug-likeness (QED) is 0.787. The molecule has 1 saturated carbocycles. The first-order valence-corrected chi connectivity index (χ1v) is 8.24. The highest BCUT2D eigenvalue weighted by Crippen LogP contribution is 2.23. The van der Waals surface area contributed by atoms with Gasteiger partial charge in [-0.2, -0.15) is 0 Å². The number of rotatable bonds is 7. The normalized spacial score (nSPS) is 14.8. The lowest BCUT2D eigenvalue weighted by atomic mass is 10.1. The van der Waals surface area contributed by atoms with Crippen LogP contribution >= 0.6 is 0 Å². The fraction of sp³-hybridized carbons (Fsp3) is 0.556. The van der Waals surface area contributed by atoms with E-state index in [1.807, 2.05) is 18.2 Å². The second-order valence-electron chi connectivity index (χ2n) is 6.02. The maximum Gasteiger partial charge on any atom is 0.239 e. The zero-order valence-electron chi connectivity index (χ0n) is 13.4. The van der Waals surface area contributed by atoms with Crippen LogP contribution in [0.2, 0.25) is 0 Å². The summed E-state index contributed by atoms with van der Waals surface area (Å²) in [6.07, 6.45) is 6.25. The summed E-state index contributed by atoms with van der Waals surface area (Å²) >= 11 is 0. The van der Waals surface area contributed by atoms with Gasteiger partial charge in [0.1, 0.15) is 0 Å². The molecule has 0 unspecified atom stereocenters. The van der Waals surface area contributed by atoms with Gasteiger partial charge in [0.15, 0.2) is 0 Å². The third-order valence-corrected chi connectivity index (χ3v) is 4.29. The number of carbonyl (C=O) groups is 2. The molecule has 22 heavy (non-hydrogen) atoms.